The predicted octanol–water partition coefficient (Wildman–Crippen LogP) is 1.84. The van der Waals surface area contributed by atoms with Gasteiger partial charge in [0.1, 0.15) is 5.82 Å². The molecule has 3 rings (SSSR count). The van der Waals surface area contributed by atoms with E-state index in [1.54, 1.807) is 12.1 Å². The van der Waals surface area contributed by atoms with Crippen LogP contribution in [-0.4, -0.2) is 29.3 Å². The maximum atomic E-state index is 12.8. The van der Waals surface area contributed by atoms with Crippen LogP contribution in [0.25, 0.3) is 0 Å². The molecule has 0 spiro atoms. The van der Waals surface area contributed by atoms with Crippen molar-refractivity contribution in [3.05, 3.63) is 35.6 Å². The van der Waals surface area contributed by atoms with E-state index in [0.717, 1.165) is 18.4 Å². The average molecular weight is 290 g/mol. The fourth-order valence-corrected chi connectivity index (χ4v) is 2.89. The van der Waals surface area contributed by atoms with E-state index >= 15 is 0 Å². The molecule has 112 valence electrons. The van der Waals surface area contributed by atoms with Gasteiger partial charge in [0, 0.05) is 25.6 Å². The lowest BCUT2D eigenvalue weighted by Crippen LogP contribution is -2.42. The van der Waals surface area contributed by atoms with Gasteiger partial charge in [0.25, 0.3) is 0 Å². The largest absolute Gasteiger partial charge is 0.352 e. The van der Waals surface area contributed by atoms with E-state index in [2.05, 4.69) is 5.32 Å². The number of benzene rings is 1. The third-order valence-corrected chi connectivity index (χ3v) is 4.42. The summed E-state index contributed by atoms with van der Waals surface area (Å²) in [6.07, 6.45) is 3.62. The fourth-order valence-electron chi connectivity index (χ4n) is 2.89. The van der Waals surface area contributed by atoms with Gasteiger partial charge in [-0.1, -0.05) is 12.1 Å². The van der Waals surface area contributed by atoms with Gasteiger partial charge in [0.15, 0.2) is 0 Å². The zero-order valence-corrected chi connectivity index (χ0v) is 11.8. The Morgan fingerprint density at radius 1 is 1.29 bits per heavy atom. The minimum Gasteiger partial charge on any atom is -0.352 e. The van der Waals surface area contributed by atoms with Crippen molar-refractivity contribution in [3.8, 4) is 0 Å². The van der Waals surface area contributed by atoms with Crippen molar-refractivity contribution < 1.29 is 14.0 Å². The molecule has 1 unspecified atom stereocenters. The Hall–Kier alpha value is -1.91. The van der Waals surface area contributed by atoms with Crippen LogP contribution in [0, 0.1) is 11.7 Å². The number of amides is 2. The van der Waals surface area contributed by atoms with Gasteiger partial charge in [0.05, 0.1) is 5.92 Å². The Kier molecular flexibility index (Phi) is 3.90. The first-order valence-corrected chi connectivity index (χ1v) is 7.45. The maximum Gasteiger partial charge on any atom is 0.225 e. The summed E-state index contributed by atoms with van der Waals surface area (Å²) in [5.74, 6) is -0.530. The molecule has 1 saturated carbocycles. The van der Waals surface area contributed by atoms with Crippen molar-refractivity contribution >= 4 is 11.8 Å². The van der Waals surface area contributed by atoms with Crippen molar-refractivity contribution in [2.24, 2.45) is 5.92 Å². The Morgan fingerprint density at radius 2 is 2.00 bits per heavy atom. The lowest BCUT2D eigenvalue weighted by Gasteiger charge is -2.34. The highest BCUT2D eigenvalue weighted by Crippen LogP contribution is 2.30. The molecular formula is C16H19FN2O2. The summed E-state index contributed by atoms with van der Waals surface area (Å²) in [4.78, 5) is 25.9. The molecule has 0 aromatic heterocycles. The van der Waals surface area contributed by atoms with Crippen molar-refractivity contribution in [1.29, 1.82) is 0 Å². The molecule has 1 aromatic carbocycles. The molecule has 2 fully saturated rings. The molecule has 1 atom stereocenters. The Bertz CT molecular complexity index is 540. The molecule has 21 heavy (non-hydrogen) atoms. The average Bonchev–Trinajstić information content (AvgIpc) is 2.78. The second-order valence-corrected chi connectivity index (χ2v) is 5.88. The van der Waals surface area contributed by atoms with Crippen molar-refractivity contribution in [1.82, 2.24) is 10.2 Å². The molecule has 1 N–H and O–H groups in total. The first-order valence-electron chi connectivity index (χ1n) is 7.45. The van der Waals surface area contributed by atoms with Crippen LogP contribution in [0.5, 0.6) is 0 Å². The summed E-state index contributed by atoms with van der Waals surface area (Å²) in [7, 11) is 0. The van der Waals surface area contributed by atoms with Gasteiger partial charge in [-0.3, -0.25) is 9.59 Å². The summed E-state index contributed by atoms with van der Waals surface area (Å²) in [5.41, 5.74) is 0.852. The van der Waals surface area contributed by atoms with Crippen molar-refractivity contribution in [2.45, 2.75) is 38.3 Å². The first kappa shape index (κ1) is 14.0. The highest BCUT2D eigenvalue weighted by Gasteiger charge is 2.39. The Balaban J connectivity index is 1.51. The second kappa shape index (κ2) is 5.84. The summed E-state index contributed by atoms with van der Waals surface area (Å²) in [5, 5.41) is 2.84. The topological polar surface area (TPSA) is 49.4 Å². The van der Waals surface area contributed by atoms with E-state index in [-0.39, 0.29) is 23.5 Å². The standard InChI is InChI=1S/C16H19FN2O2/c17-13-6-4-11(5-7-13)9-18-16(21)12-8-15(20)19(10-12)14-2-1-3-14/h4-7,12,14H,1-3,8-10H2,(H,18,21). The highest BCUT2D eigenvalue weighted by atomic mass is 19.1. The summed E-state index contributed by atoms with van der Waals surface area (Å²) in [6, 6.07) is 6.40. The quantitative estimate of drug-likeness (QED) is 0.920. The van der Waals surface area contributed by atoms with Crippen LogP contribution in [-0.2, 0) is 16.1 Å². The third kappa shape index (κ3) is 3.06. The van der Waals surface area contributed by atoms with Gasteiger partial charge in [0.2, 0.25) is 11.8 Å². The van der Waals surface area contributed by atoms with E-state index < -0.39 is 0 Å². The molecule has 1 aliphatic carbocycles. The normalized spacial score (nSPS) is 22.2. The fraction of sp³-hybridized carbons (Fsp3) is 0.500. The number of carbonyl (C=O) groups is 2. The number of nitrogens with one attached hydrogen (secondary N) is 1. The SMILES string of the molecule is O=C(NCc1ccc(F)cc1)C1CC(=O)N(C2CCC2)C1. The van der Waals surface area contributed by atoms with Gasteiger partial charge >= 0.3 is 0 Å². The molecule has 5 heteroatoms. The molecule has 0 bridgehead atoms. The van der Waals surface area contributed by atoms with Crippen LogP contribution < -0.4 is 5.32 Å². The maximum absolute atomic E-state index is 12.8. The monoisotopic (exact) mass is 290 g/mol. The van der Waals surface area contributed by atoms with Crippen LogP contribution in [0.3, 0.4) is 0 Å². The van der Waals surface area contributed by atoms with Gasteiger partial charge in [-0.15, -0.1) is 0 Å². The number of hydrogen-bond acceptors (Lipinski definition) is 2. The predicted molar refractivity (Wildman–Crippen MR) is 75.7 cm³/mol. The molecule has 1 heterocycles. The number of nitrogens with zero attached hydrogens (tertiary/aromatic N) is 1. The van der Waals surface area contributed by atoms with E-state index in [9.17, 15) is 14.0 Å². The Morgan fingerprint density at radius 3 is 2.62 bits per heavy atom. The number of halogens is 1. The molecule has 1 aliphatic heterocycles. The van der Waals surface area contributed by atoms with Crippen LogP contribution in [0.15, 0.2) is 24.3 Å². The minimum atomic E-state index is -0.289. The van der Waals surface area contributed by atoms with Crippen LogP contribution in [0.1, 0.15) is 31.2 Å². The molecule has 2 amide bonds. The summed E-state index contributed by atoms with van der Waals surface area (Å²) >= 11 is 0. The van der Waals surface area contributed by atoms with Crippen molar-refractivity contribution in [3.63, 3.8) is 0 Å². The van der Waals surface area contributed by atoms with Crippen LogP contribution in [0.4, 0.5) is 4.39 Å². The molecule has 4 nitrogen and oxygen atoms in total. The lowest BCUT2D eigenvalue weighted by molar-refractivity contribution is -0.131. The zero-order valence-electron chi connectivity index (χ0n) is 11.8. The summed E-state index contributed by atoms with van der Waals surface area (Å²) < 4.78 is 12.8. The second-order valence-electron chi connectivity index (χ2n) is 5.88. The van der Waals surface area contributed by atoms with E-state index in [0.29, 0.717) is 25.6 Å². The highest BCUT2D eigenvalue weighted by molar-refractivity contribution is 5.89. The van der Waals surface area contributed by atoms with Crippen LogP contribution >= 0.6 is 0 Å². The molecular weight excluding hydrogens is 271 g/mol. The number of carbonyl (C=O) groups excluding carboxylic acids is 2. The number of hydrogen-bond donors (Lipinski definition) is 1. The molecule has 1 aromatic rings. The van der Waals surface area contributed by atoms with Gasteiger partial charge in [-0.05, 0) is 37.0 Å². The van der Waals surface area contributed by atoms with E-state index in [1.165, 1.54) is 18.6 Å². The van der Waals surface area contributed by atoms with Gasteiger partial charge in [-0.25, -0.2) is 4.39 Å². The number of likely N-dealkylation sites (tertiary alicyclic amines) is 1. The summed E-state index contributed by atoms with van der Waals surface area (Å²) in [6.45, 7) is 0.909. The van der Waals surface area contributed by atoms with Crippen LogP contribution in [0.2, 0.25) is 0 Å². The number of rotatable bonds is 4. The smallest absolute Gasteiger partial charge is 0.225 e. The molecule has 0 radical (unpaired) electrons. The minimum absolute atomic E-state index is 0.0884. The third-order valence-electron chi connectivity index (χ3n) is 4.42. The van der Waals surface area contributed by atoms with Crippen molar-refractivity contribution in [2.75, 3.05) is 6.54 Å². The first-order chi connectivity index (χ1) is 10.1. The molecule has 1 saturated heterocycles. The Labute approximate surface area is 123 Å². The van der Waals surface area contributed by atoms with Gasteiger partial charge < -0.3 is 10.2 Å². The lowest BCUT2D eigenvalue weighted by atomic mass is 9.92. The van der Waals surface area contributed by atoms with Gasteiger partial charge in [-0.2, -0.15) is 0 Å². The zero-order chi connectivity index (χ0) is 14.8. The van der Waals surface area contributed by atoms with E-state index in [4.69, 9.17) is 0 Å². The molecule has 2 aliphatic rings. The van der Waals surface area contributed by atoms with E-state index in [1.807, 2.05) is 4.90 Å².